The molecule has 1 amide bonds. The highest BCUT2D eigenvalue weighted by Crippen LogP contribution is 2.28. The van der Waals surface area contributed by atoms with Crippen molar-refractivity contribution in [3.05, 3.63) is 71.2 Å². The van der Waals surface area contributed by atoms with E-state index >= 15 is 0 Å². The van der Waals surface area contributed by atoms with Crippen LogP contribution in [0.2, 0.25) is 0 Å². The van der Waals surface area contributed by atoms with Crippen LogP contribution in [0.25, 0.3) is 10.9 Å². The van der Waals surface area contributed by atoms with Gasteiger partial charge in [0.05, 0.1) is 6.54 Å². The molecule has 0 aliphatic carbocycles. The minimum atomic E-state index is -0.380. The van der Waals surface area contributed by atoms with Crippen LogP contribution in [0.3, 0.4) is 0 Å². The van der Waals surface area contributed by atoms with E-state index in [1.807, 2.05) is 18.2 Å². The summed E-state index contributed by atoms with van der Waals surface area (Å²) in [6.07, 6.45) is 0.820. The van der Waals surface area contributed by atoms with Crippen molar-refractivity contribution in [3.8, 4) is 0 Å². The molecule has 0 unspecified atom stereocenters. The zero-order valence-electron chi connectivity index (χ0n) is 12.0. The van der Waals surface area contributed by atoms with Gasteiger partial charge in [-0.1, -0.05) is 24.3 Å². The Hall–Kier alpha value is -2.62. The van der Waals surface area contributed by atoms with Crippen LogP contribution >= 0.6 is 0 Å². The van der Waals surface area contributed by atoms with Gasteiger partial charge in [0.15, 0.2) is 0 Å². The normalized spacial score (nSPS) is 14.1. The minimum Gasteiger partial charge on any atom is -0.357 e. The molecule has 0 saturated heterocycles. The van der Waals surface area contributed by atoms with Crippen LogP contribution in [0.1, 0.15) is 21.6 Å². The number of H-pyrrole nitrogens is 1. The molecule has 1 aromatic heterocycles. The Morgan fingerprint density at radius 3 is 2.86 bits per heavy atom. The number of nitrogens with zero attached hydrogens (tertiary/aromatic N) is 1. The number of carbonyl (C=O) groups excluding carboxylic acids is 1. The summed E-state index contributed by atoms with van der Waals surface area (Å²) in [4.78, 5) is 17.7. The number of halogens is 1. The van der Waals surface area contributed by atoms with Gasteiger partial charge < -0.3 is 9.88 Å². The van der Waals surface area contributed by atoms with Gasteiger partial charge in [-0.25, -0.2) is 4.39 Å². The molecule has 22 heavy (non-hydrogen) atoms. The molecule has 3 nitrogen and oxygen atoms in total. The molecular weight excluding hydrogens is 279 g/mol. The lowest BCUT2D eigenvalue weighted by atomic mass is 10.0. The van der Waals surface area contributed by atoms with Gasteiger partial charge in [0.25, 0.3) is 5.91 Å². The third-order valence-corrected chi connectivity index (χ3v) is 4.24. The molecule has 2 heterocycles. The molecule has 0 bridgehead atoms. The molecule has 4 rings (SSSR count). The van der Waals surface area contributed by atoms with Gasteiger partial charge in [-0.15, -0.1) is 0 Å². The Morgan fingerprint density at radius 1 is 1.14 bits per heavy atom. The molecule has 1 N–H and O–H groups in total. The number of aromatic amines is 1. The fourth-order valence-corrected chi connectivity index (χ4v) is 3.17. The standard InChI is InChI=1S/C18H15FN2O/c19-13-5-3-4-12(10-13)18(22)21-9-8-15-14-6-1-2-7-16(14)20-17(15)11-21/h1-7,10,20H,8-9,11H2. The lowest BCUT2D eigenvalue weighted by Gasteiger charge is -2.27. The summed E-state index contributed by atoms with van der Waals surface area (Å²) in [5, 5.41) is 1.23. The summed E-state index contributed by atoms with van der Waals surface area (Å²) >= 11 is 0. The fourth-order valence-electron chi connectivity index (χ4n) is 3.17. The molecule has 3 aromatic rings. The van der Waals surface area contributed by atoms with E-state index in [9.17, 15) is 9.18 Å². The van der Waals surface area contributed by atoms with Gasteiger partial charge in [0, 0.05) is 28.7 Å². The van der Waals surface area contributed by atoms with E-state index in [4.69, 9.17) is 0 Å². The van der Waals surface area contributed by atoms with E-state index in [2.05, 4.69) is 11.1 Å². The molecule has 0 atom stereocenters. The number of amides is 1. The predicted octanol–water partition coefficient (Wildman–Crippen LogP) is 3.51. The highest BCUT2D eigenvalue weighted by molar-refractivity contribution is 5.94. The molecule has 110 valence electrons. The minimum absolute atomic E-state index is 0.121. The Kier molecular flexibility index (Phi) is 2.96. The molecule has 0 saturated carbocycles. The molecule has 1 aliphatic rings. The van der Waals surface area contributed by atoms with Crippen molar-refractivity contribution in [1.82, 2.24) is 9.88 Å². The van der Waals surface area contributed by atoms with E-state index < -0.39 is 0 Å². The number of fused-ring (bicyclic) bond motifs is 3. The predicted molar refractivity (Wildman–Crippen MR) is 83.1 cm³/mol. The Bertz CT molecular complexity index is 868. The average molecular weight is 294 g/mol. The van der Waals surface area contributed by atoms with Gasteiger partial charge in [-0.2, -0.15) is 0 Å². The van der Waals surface area contributed by atoms with Crippen molar-refractivity contribution in [1.29, 1.82) is 0 Å². The number of hydrogen-bond acceptors (Lipinski definition) is 1. The second-order valence-corrected chi connectivity index (χ2v) is 5.61. The molecule has 0 spiro atoms. The summed E-state index contributed by atoms with van der Waals surface area (Å²) in [5.74, 6) is -0.502. The first-order chi connectivity index (χ1) is 10.7. The third kappa shape index (κ3) is 2.08. The summed E-state index contributed by atoms with van der Waals surface area (Å²) < 4.78 is 13.3. The second kappa shape index (κ2) is 4.98. The van der Waals surface area contributed by atoms with Crippen LogP contribution in [0.5, 0.6) is 0 Å². The molecule has 4 heteroatoms. The fraction of sp³-hybridized carbons (Fsp3) is 0.167. The van der Waals surface area contributed by atoms with Gasteiger partial charge in [0.2, 0.25) is 0 Å². The van der Waals surface area contributed by atoms with E-state index in [-0.39, 0.29) is 11.7 Å². The molecular formula is C18H15FN2O. The Labute approximate surface area is 127 Å². The van der Waals surface area contributed by atoms with E-state index in [1.165, 1.54) is 23.1 Å². The van der Waals surface area contributed by atoms with Crippen LogP contribution in [0.4, 0.5) is 4.39 Å². The Morgan fingerprint density at radius 2 is 2.00 bits per heavy atom. The first kappa shape index (κ1) is 13.1. The summed E-state index contributed by atoms with van der Waals surface area (Å²) in [5.41, 5.74) is 3.88. The number of para-hydroxylation sites is 1. The average Bonchev–Trinajstić information content (AvgIpc) is 2.91. The first-order valence-electron chi connectivity index (χ1n) is 7.35. The second-order valence-electron chi connectivity index (χ2n) is 5.61. The van der Waals surface area contributed by atoms with Crippen molar-refractivity contribution in [2.75, 3.05) is 6.54 Å². The lowest BCUT2D eigenvalue weighted by Crippen LogP contribution is -2.35. The maximum Gasteiger partial charge on any atom is 0.254 e. The SMILES string of the molecule is O=C(c1cccc(F)c1)N1CCc2c([nH]c3ccccc23)C1. The zero-order chi connectivity index (χ0) is 15.1. The summed E-state index contributed by atoms with van der Waals surface area (Å²) in [6, 6.07) is 14.1. The van der Waals surface area contributed by atoms with Gasteiger partial charge in [-0.3, -0.25) is 4.79 Å². The van der Waals surface area contributed by atoms with Gasteiger partial charge in [0.1, 0.15) is 5.82 Å². The number of aromatic nitrogens is 1. The maximum absolute atomic E-state index is 13.3. The Balaban J connectivity index is 1.65. The van der Waals surface area contributed by atoms with E-state index in [0.29, 0.717) is 18.7 Å². The quantitative estimate of drug-likeness (QED) is 0.732. The van der Waals surface area contributed by atoms with Crippen molar-refractivity contribution in [2.45, 2.75) is 13.0 Å². The van der Waals surface area contributed by atoms with Crippen molar-refractivity contribution < 1.29 is 9.18 Å². The van der Waals surface area contributed by atoms with Crippen molar-refractivity contribution >= 4 is 16.8 Å². The molecule has 2 aromatic carbocycles. The van der Waals surface area contributed by atoms with Crippen LogP contribution < -0.4 is 0 Å². The zero-order valence-corrected chi connectivity index (χ0v) is 12.0. The number of benzene rings is 2. The number of rotatable bonds is 1. The largest absolute Gasteiger partial charge is 0.357 e. The highest BCUT2D eigenvalue weighted by Gasteiger charge is 2.24. The lowest BCUT2D eigenvalue weighted by molar-refractivity contribution is 0.0732. The topological polar surface area (TPSA) is 36.1 Å². The van der Waals surface area contributed by atoms with Crippen LogP contribution in [-0.4, -0.2) is 22.3 Å². The van der Waals surface area contributed by atoms with Crippen molar-refractivity contribution in [2.24, 2.45) is 0 Å². The summed E-state index contributed by atoms with van der Waals surface area (Å²) in [7, 11) is 0. The van der Waals surface area contributed by atoms with Crippen LogP contribution in [-0.2, 0) is 13.0 Å². The van der Waals surface area contributed by atoms with E-state index in [0.717, 1.165) is 17.6 Å². The number of carbonyl (C=O) groups is 1. The molecule has 0 radical (unpaired) electrons. The maximum atomic E-state index is 13.3. The van der Waals surface area contributed by atoms with E-state index in [1.54, 1.807) is 17.0 Å². The number of nitrogens with one attached hydrogen (secondary N) is 1. The molecule has 0 fully saturated rings. The van der Waals surface area contributed by atoms with Crippen molar-refractivity contribution in [3.63, 3.8) is 0 Å². The summed E-state index contributed by atoms with van der Waals surface area (Å²) in [6.45, 7) is 1.20. The van der Waals surface area contributed by atoms with Crippen LogP contribution in [0.15, 0.2) is 48.5 Å². The van der Waals surface area contributed by atoms with Gasteiger partial charge in [-0.05, 0) is 36.2 Å². The highest BCUT2D eigenvalue weighted by atomic mass is 19.1. The first-order valence-corrected chi connectivity index (χ1v) is 7.35. The monoisotopic (exact) mass is 294 g/mol. The van der Waals surface area contributed by atoms with Crippen LogP contribution in [0, 0.1) is 5.82 Å². The smallest absolute Gasteiger partial charge is 0.254 e. The third-order valence-electron chi connectivity index (χ3n) is 4.24. The van der Waals surface area contributed by atoms with Gasteiger partial charge >= 0.3 is 0 Å². The number of hydrogen-bond donors (Lipinski definition) is 1. The molecule has 1 aliphatic heterocycles.